The molecule has 0 spiro atoms. The first-order chi connectivity index (χ1) is 13.8. The van der Waals surface area contributed by atoms with Gasteiger partial charge in [-0.1, -0.05) is 0 Å². The molecule has 1 aliphatic heterocycles. The van der Waals surface area contributed by atoms with Crippen molar-refractivity contribution in [2.45, 2.75) is 0 Å². The molecule has 0 unspecified atom stereocenters. The number of aromatic hydroxyl groups is 1. The van der Waals surface area contributed by atoms with Crippen LogP contribution in [0.4, 0.5) is 4.39 Å². The number of fused-ring (bicyclic) bond motifs is 1. The van der Waals surface area contributed by atoms with Gasteiger partial charge in [-0.05, 0) is 24.3 Å². The highest BCUT2D eigenvalue weighted by Gasteiger charge is 2.36. The monoisotopic (exact) mass is 405 g/mol. The Kier molecular flexibility index (Phi) is 5.33. The third-order valence-corrected chi connectivity index (χ3v) is 4.34. The van der Waals surface area contributed by atoms with Crippen molar-refractivity contribution >= 4 is 17.8 Å². The maximum atomic E-state index is 13.2. The van der Waals surface area contributed by atoms with Crippen molar-refractivity contribution in [3.05, 3.63) is 63.3 Å². The fourth-order valence-corrected chi connectivity index (χ4v) is 2.85. The molecule has 2 N–H and O–H groups in total. The van der Waals surface area contributed by atoms with E-state index >= 15 is 0 Å². The van der Waals surface area contributed by atoms with Crippen LogP contribution in [0.2, 0.25) is 0 Å². The van der Waals surface area contributed by atoms with Gasteiger partial charge in [-0.15, -0.1) is 0 Å². The van der Waals surface area contributed by atoms with Crippen molar-refractivity contribution in [2.75, 3.05) is 31.9 Å². The third kappa shape index (κ3) is 3.55. The molecule has 152 valence electrons. The van der Waals surface area contributed by atoms with Gasteiger partial charge in [-0.25, -0.2) is 18.9 Å². The van der Waals surface area contributed by atoms with Crippen LogP contribution in [0, 0.1) is 5.82 Å². The summed E-state index contributed by atoms with van der Waals surface area (Å²) in [6, 6.07) is 4.57. The molecule has 10 nitrogen and oxygen atoms in total. The van der Waals surface area contributed by atoms with Gasteiger partial charge in [0.2, 0.25) is 5.43 Å². The standard InChI is InChI=1S/C18H16FN3O7/c1-29-7-6-20-9-22(16(25)10-2-4-11(19)5-3-10)21-8-12(18(27)28)14(23)15(24)13(21)17(20)26/h2-5,8,24H,6-7,9H2,1H3,(H,27,28). The summed E-state index contributed by atoms with van der Waals surface area (Å²) >= 11 is 0. The number of halogens is 1. The van der Waals surface area contributed by atoms with Crippen molar-refractivity contribution in [1.29, 1.82) is 0 Å². The molecule has 29 heavy (non-hydrogen) atoms. The average Bonchev–Trinajstić information content (AvgIpc) is 2.69. The molecular weight excluding hydrogens is 389 g/mol. The molecule has 1 aliphatic rings. The highest BCUT2D eigenvalue weighted by atomic mass is 19.1. The van der Waals surface area contributed by atoms with E-state index in [9.17, 15) is 33.8 Å². The molecule has 0 aliphatic carbocycles. The van der Waals surface area contributed by atoms with Crippen LogP contribution in [0.25, 0.3) is 0 Å². The van der Waals surface area contributed by atoms with Gasteiger partial charge in [-0.3, -0.25) is 14.4 Å². The second-order valence-corrected chi connectivity index (χ2v) is 6.13. The molecular formula is C18H16FN3O7. The summed E-state index contributed by atoms with van der Waals surface area (Å²) in [5.74, 6) is -4.78. The van der Waals surface area contributed by atoms with Crippen LogP contribution in [0.1, 0.15) is 31.2 Å². The maximum absolute atomic E-state index is 13.2. The number of methoxy groups -OCH3 is 1. The summed E-state index contributed by atoms with van der Waals surface area (Å²) in [5.41, 5.74) is -2.58. The van der Waals surface area contributed by atoms with Crippen LogP contribution in [-0.4, -0.2) is 64.5 Å². The first-order valence-corrected chi connectivity index (χ1v) is 8.34. The van der Waals surface area contributed by atoms with Crippen LogP contribution < -0.4 is 10.4 Å². The minimum absolute atomic E-state index is 0.0385. The molecule has 0 bridgehead atoms. The van der Waals surface area contributed by atoms with E-state index in [0.717, 1.165) is 32.9 Å². The number of pyridine rings is 1. The van der Waals surface area contributed by atoms with Crippen molar-refractivity contribution in [2.24, 2.45) is 0 Å². The van der Waals surface area contributed by atoms with Crippen LogP contribution in [-0.2, 0) is 4.74 Å². The quantitative estimate of drug-likeness (QED) is 0.728. The zero-order valence-electron chi connectivity index (χ0n) is 15.2. The van der Waals surface area contributed by atoms with Gasteiger partial charge in [-0.2, -0.15) is 0 Å². The molecule has 11 heteroatoms. The molecule has 0 atom stereocenters. The number of carboxylic acid groups (broad SMARTS) is 1. The van der Waals surface area contributed by atoms with Gasteiger partial charge in [0.1, 0.15) is 18.0 Å². The topological polar surface area (TPSA) is 129 Å². The molecule has 2 heterocycles. The number of hydrogen-bond donors (Lipinski definition) is 2. The Morgan fingerprint density at radius 1 is 1.21 bits per heavy atom. The zero-order valence-corrected chi connectivity index (χ0v) is 15.2. The molecule has 3 rings (SSSR count). The van der Waals surface area contributed by atoms with Gasteiger partial charge < -0.3 is 19.8 Å². The molecule has 0 fully saturated rings. The van der Waals surface area contributed by atoms with Crippen LogP contribution >= 0.6 is 0 Å². The summed E-state index contributed by atoms with van der Waals surface area (Å²) in [7, 11) is 1.41. The number of rotatable bonds is 5. The van der Waals surface area contributed by atoms with E-state index in [4.69, 9.17) is 4.74 Å². The van der Waals surface area contributed by atoms with Crippen molar-refractivity contribution in [3.8, 4) is 5.75 Å². The molecule has 2 amide bonds. The van der Waals surface area contributed by atoms with Crippen LogP contribution in [0.3, 0.4) is 0 Å². The molecule has 1 aromatic carbocycles. The maximum Gasteiger partial charge on any atom is 0.341 e. The van der Waals surface area contributed by atoms with E-state index in [-0.39, 0.29) is 25.4 Å². The van der Waals surface area contributed by atoms with Gasteiger partial charge >= 0.3 is 5.97 Å². The normalized spacial score (nSPS) is 13.4. The Morgan fingerprint density at radius 2 is 1.86 bits per heavy atom. The number of benzene rings is 1. The predicted molar refractivity (Wildman–Crippen MR) is 96.1 cm³/mol. The summed E-state index contributed by atoms with van der Waals surface area (Å²) in [6.45, 7) is -0.161. The lowest BCUT2D eigenvalue weighted by Crippen LogP contribution is -2.57. The number of carboxylic acids is 1. The van der Waals surface area contributed by atoms with Crippen LogP contribution in [0.5, 0.6) is 5.75 Å². The van der Waals surface area contributed by atoms with E-state index < -0.39 is 46.0 Å². The first-order valence-electron chi connectivity index (χ1n) is 8.34. The average molecular weight is 405 g/mol. The molecule has 1 aromatic heterocycles. The highest BCUT2D eigenvalue weighted by Crippen LogP contribution is 2.22. The highest BCUT2D eigenvalue weighted by molar-refractivity contribution is 6.05. The lowest BCUT2D eigenvalue weighted by atomic mass is 10.1. The lowest BCUT2D eigenvalue weighted by Gasteiger charge is -2.38. The largest absolute Gasteiger partial charge is 0.502 e. The predicted octanol–water partition coefficient (Wildman–Crippen LogP) is 0.229. The summed E-state index contributed by atoms with van der Waals surface area (Å²) < 4.78 is 19.0. The summed E-state index contributed by atoms with van der Waals surface area (Å²) in [6.07, 6.45) is 0.798. The second kappa shape index (κ2) is 7.72. The molecule has 0 saturated carbocycles. The van der Waals surface area contributed by atoms with Crippen molar-refractivity contribution in [3.63, 3.8) is 0 Å². The smallest absolute Gasteiger partial charge is 0.341 e. The fourth-order valence-electron chi connectivity index (χ4n) is 2.85. The minimum atomic E-state index is -1.64. The van der Waals surface area contributed by atoms with Crippen molar-refractivity contribution < 1.29 is 33.7 Å². The molecule has 2 aromatic rings. The van der Waals surface area contributed by atoms with Crippen molar-refractivity contribution in [1.82, 2.24) is 9.58 Å². The number of carbonyl (C=O) groups is 3. The first kappa shape index (κ1) is 20.0. The number of ether oxygens (including phenoxy) is 1. The third-order valence-electron chi connectivity index (χ3n) is 4.34. The zero-order chi connectivity index (χ0) is 21.3. The Labute approximate surface area is 162 Å². The van der Waals surface area contributed by atoms with Gasteiger partial charge in [0, 0.05) is 25.4 Å². The number of amides is 2. The Hall–Kier alpha value is -3.73. The van der Waals surface area contributed by atoms with E-state index in [1.54, 1.807) is 0 Å². The lowest BCUT2D eigenvalue weighted by molar-refractivity contribution is 0.0597. The van der Waals surface area contributed by atoms with E-state index in [1.807, 2.05) is 0 Å². The Morgan fingerprint density at radius 3 is 2.45 bits per heavy atom. The molecule has 0 radical (unpaired) electrons. The Balaban J connectivity index is 2.18. The van der Waals surface area contributed by atoms with Crippen LogP contribution in [0.15, 0.2) is 35.3 Å². The molecule has 0 saturated heterocycles. The number of hydrogen-bond acceptors (Lipinski definition) is 6. The van der Waals surface area contributed by atoms with Gasteiger partial charge in [0.05, 0.1) is 6.61 Å². The summed E-state index contributed by atoms with van der Waals surface area (Å²) in [4.78, 5) is 50.4. The summed E-state index contributed by atoms with van der Waals surface area (Å²) in [5, 5.41) is 20.4. The SMILES string of the molecule is COCCN1CN(C(=O)c2ccc(F)cc2)n2cc(C(=O)O)c(=O)c(O)c2C1=O. The fraction of sp³-hybridized carbons (Fsp3) is 0.222. The Bertz CT molecular complexity index is 1050. The second-order valence-electron chi connectivity index (χ2n) is 6.13. The minimum Gasteiger partial charge on any atom is -0.502 e. The van der Waals surface area contributed by atoms with Gasteiger partial charge in [0.15, 0.2) is 11.4 Å². The van der Waals surface area contributed by atoms with E-state index in [0.29, 0.717) is 0 Å². The van der Waals surface area contributed by atoms with E-state index in [2.05, 4.69) is 0 Å². The number of aromatic nitrogens is 1. The number of nitrogens with zero attached hydrogens (tertiary/aromatic N) is 3. The number of aromatic carboxylic acids is 1. The number of carbonyl (C=O) groups excluding carboxylic acids is 2. The van der Waals surface area contributed by atoms with Gasteiger partial charge in [0.25, 0.3) is 11.8 Å². The van der Waals surface area contributed by atoms with E-state index in [1.165, 1.54) is 19.2 Å².